The maximum absolute atomic E-state index is 12.3. The number of nitro groups is 1. The molecule has 0 aromatic heterocycles. The molecule has 1 fully saturated rings. The monoisotopic (exact) mass is 315 g/mol. The molecular formula is C16H17N3O4. The maximum atomic E-state index is 12.3. The molecule has 1 saturated carbocycles. The molecule has 0 atom stereocenters. The fourth-order valence-electron chi connectivity index (χ4n) is 3.12. The first kappa shape index (κ1) is 15.2. The van der Waals surface area contributed by atoms with Crippen LogP contribution in [-0.4, -0.2) is 35.6 Å². The Labute approximate surface area is 133 Å². The molecule has 7 nitrogen and oxygen atoms in total. The molecule has 1 amide bonds. The van der Waals surface area contributed by atoms with Crippen LogP contribution >= 0.6 is 0 Å². The van der Waals surface area contributed by atoms with E-state index < -0.39 is 10.3 Å². The fraction of sp³-hybridized carbons (Fsp3) is 0.375. The average Bonchev–Trinajstić information content (AvgIpc) is 2.74. The van der Waals surface area contributed by atoms with E-state index in [2.05, 4.69) is 5.32 Å². The van der Waals surface area contributed by atoms with E-state index in [0.717, 1.165) is 6.42 Å². The Balaban J connectivity index is 2.11. The third kappa shape index (κ3) is 2.28. The molecule has 0 bridgehead atoms. The normalized spacial score (nSPS) is 17.7. The van der Waals surface area contributed by atoms with Crippen LogP contribution in [-0.2, 0) is 10.2 Å². The van der Waals surface area contributed by atoms with Crippen molar-refractivity contribution in [3.8, 4) is 0 Å². The Morgan fingerprint density at radius 2 is 2.09 bits per heavy atom. The minimum absolute atomic E-state index is 0.199. The van der Waals surface area contributed by atoms with Crippen molar-refractivity contribution in [3.05, 3.63) is 45.6 Å². The number of amides is 1. The molecule has 1 N–H and O–H groups in total. The van der Waals surface area contributed by atoms with E-state index >= 15 is 0 Å². The molecule has 23 heavy (non-hydrogen) atoms. The van der Waals surface area contributed by atoms with Gasteiger partial charge in [0.1, 0.15) is 5.69 Å². The lowest BCUT2D eigenvalue weighted by Crippen LogP contribution is -2.40. The number of fused-ring (bicyclic) bond motifs is 2. The van der Waals surface area contributed by atoms with Crippen LogP contribution in [0, 0.1) is 10.1 Å². The van der Waals surface area contributed by atoms with E-state index in [-0.39, 0.29) is 28.6 Å². The van der Waals surface area contributed by atoms with Crippen molar-refractivity contribution in [1.29, 1.82) is 0 Å². The van der Waals surface area contributed by atoms with E-state index in [4.69, 9.17) is 0 Å². The largest absolute Gasteiger partial charge is 0.383 e. The van der Waals surface area contributed by atoms with Crippen LogP contribution in [0.15, 0.2) is 24.4 Å². The minimum Gasteiger partial charge on any atom is -0.383 e. The number of carbonyl (C=O) groups excluding carboxylic acids is 2. The summed E-state index contributed by atoms with van der Waals surface area (Å²) in [5, 5.41) is 14.0. The van der Waals surface area contributed by atoms with Gasteiger partial charge in [0.25, 0.3) is 5.69 Å². The molecule has 1 aliphatic heterocycles. The topological polar surface area (TPSA) is 92.6 Å². The molecule has 1 aromatic carbocycles. The molecule has 120 valence electrons. The minimum atomic E-state index is -0.693. The predicted octanol–water partition coefficient (Wildman–Crippen LogP) is 2.23. The van der Waals surface area contributed by atoms with Gasteiger partial charge in [0, 0.05) is 38.0 Å². The van der Waals surface area contributed by atoms with Crippen molar-refractivity contribution >= 4 is 23.1 Å². The van der Waals surface area contributed by atoms with Gasteiger partial charge < -0.3 is 10.2 Å². The molecule has 1 aromatic rings. The standard InChI is InChI=1S/C16H17N3O4/c1-18(2)7-4-13(20)10-8-11-14(12(9-10)19(22)23)17-15(21)16(11)5-3-6-16/h4,7-9H,3,5-6H2,1-2H3,(H,17,21)/b7-4+. The molecule has 1 spiro atoms. The number of nitro benzene ring substituents is 1. The van der Waals surface area contributed by atoms with Gasteiger partial charge >= 0.3 is 0 Å². The lowest BCUT2D eigenvalue weighted by Gasteiger charge is -2.36. The molecule has 3 rings (SSSR count). The van der Waals surface area contributed by atoms with E-state index in [9.17, 15) is 19.7 Å². The maximum Gasteiger partial charge on any atom is 0.293 e. The summed E-state index contributed by atoms with van der Waals surface area (Å²) in [6.07, 6.45) is 5.18. The van der Waals surface area contributed by atoms with Gasteiger partial charge in [0.2, 0.25) is 5.91 Å². The van der Waals surface area contributed by atoms with Crippen LogP contribution < -0.4 is 5.32 Å². The Kier molecular flexibility index (Phi) is 3.43. The lowest BCUT2D eigenvalue weighted by molar-refractivity contribution is -0.384. The molecule has 2 aliphatic rings. The quantitative estimate of drug-likeness (QED) is 0.398. The smallest absolute Gasteiger partial charge is 0.293 e. The first-order valence-corrected chi connectivity index (χ1v) is 7.38. The second kappa shape index (κ2) is 5.19. The van der Waals surface area contributed by atoms with Crippen LogP contribution in [0.5, 0.6) is 0 Å². The molecule has 7 heteroatoms. The molecule has 1 heterocycles. The number of nitrogens with zero attached hydrogens (tertiary/aromatic N) is 2. The molecule has 1 aliphatic carbocycles. The zero-order chi connectivity index (χ0) is 16.8. The highest BCUT2D eigenvalue weighted by Gasteiger charge is 2.53. The highest BCUT2D eigenvalue weighted by atomic mass is 16.6. The summed E-state index contributed by atoms with van der Waals surface area (Å²) in [5.74, 6) is -0.520. The molecular weight excluding hydrogens is 298 g/mol. The Bertz CT molecular complexity index is 748. The van der Waals surface area contributed by atoms with Gasteiger partial charge in [0.15, 0.2) is 5.78 Å². The number of ketones is 1. The van der Waals surface area contributed by atoms with Crippen LogP contribution in [0.3, 0.4) is 0 Å². The number of hydrogen-bond acceptors (Lipinski definition) is 5. The van der Waals surface area contributed by atoms with Crippen molar-refractivity contribution in [2.75, 3.05) is 19.4 Å². The highest BCUT2D eigenvalue weighted by Crippen LogP contribution is 2.53. The Morgan fingerprint density at radius 1 is 1.39 bits per heavy atom. The fourth-order valence-corrected chi connectivity index (χ4v) is 3.12. The van der Waals surface area contributed by atoms with Crippen molar-refractivity contribution in [2.24, 2.45) is 0 Å². The summed E-state index contributed by atoms with van der Waals surface area (Å²) in [7, 11) is 3.56. The van der Waals surface area contributed by atoms with Crippen molar-refractivity contribution in [3.63, 3.8) is 0 Å². The van der Waals surface area contributed by atoms with Gasteiger partial charge in [-0.25, -0.2) is 0 Å². The van der Waals surface area contributed by atoms with Crippen molar-refractivity contribution in [2.45, 2.75) is 24.7 Å². The molecule has 0 radical (unpaired) electrons. The second-order valence-electron chi connectivity index (χ2n) is 6.21. The summed E-state index contributed by atoms with van der Waals surface area (Å²) in [6, 6.07) is 2.86. The first-order valence-electron chi connectivity index (χ1n) is 7.38. The second-order valence-corrected chi connectivity index (χ2v) is 6.21. The number of anilines is 1. The van der Waals surface area contributed by atoms with E-state index in [1.54, 1.807) is 31.3 Å². The zero-order valence-corrected chi connectivity index (χ0v) is 13.0. The summed E-state index contributed by atoms with van der Waals surface area (Å²) in [5.41, 5.74) is 0.150. The van der Waals surface area contributed by atoms with Crippen LogP contribution in [0.25, 0.3) is 0 Å². The molecule has 0 saturated heterocycles. The summed E-state index contributed by atoms with van der Waals surface area (Å²) in [4.78, 5) is 37.0. The zero-order valence-electron chi connectivity index (χ0n) is 13.0. The van der Waals surface area contributed by atoms with Gasteiger partial charge in [-0.3, -0.25) is 19.7 Å². The van der Waals surface area contributed by atoms with Crippen LogP contribution in [0.1, 0.15) is 35.2 Å². The van der Waals surface area contributed by atoms with Crippen molar-refractivity contribution in [1.82, 2.24) is 4.90 Å². The number of hydrogen-bond donors (Lipinski definition) is 1. The predicted molar refractivity (Wildman–Crippen MR) is 84.4 cm³/mol. The molecule has 0 unspecified atom stereocenters. The van der Waals surface area contributed by atoms with Gasteiger partial charge in [-0.1, -0.05) is 6.42 Å². The SMILES string of the molecule is CN(C)/C=C/C(=O)c1cc([N+](=O)[O-])c2c(c1)C1(CCC1)C(=O)N2. The van der Waals surface area contributed by atoms with Crippen LogP contribution in [0.4, 0.5) is 11.4 Å². The number of rotatable bonds is 4. The van der Waals surface area contributed by atoms with Gasteiger partial charge in [0.05, 0.1) is 10.3 Å². The number of allylic oxidation sites excluding steroid dienone is 1. The highest BCUT2D eigenvalue weighted by molar-refractivity contribution is 6.12. The van der Waals surface area contributed by atoms with E-state index in [1.165, 1.54) is 12.1 Å². The Hall–Kier alpha value is -2.70. The summed E-state index contributed by atoms with van der Waals surface area (Å²) < 4.78 is 0. The van der Waals surface area contributed by atoms with Gasteiger partial charge in [-0.05, 0) is 24.5 Å². The van der Waals surface area contributed by atoms with Crippen molar-refractivity contribution < 1.29 is 14.5 Å². The summed E-state index contributed by atoms with van der Waals surface area (Å²) in [6.45, 7) is 0. The summed E-state index contributed by atoms with van der Waals surface area (Å²) >= 11 is 0. The van der Waals surface area contributed by atoms with E-state index in [0.29, 0.717) is 18.4 Å². The third-order valence-corrected chi connectivity index (χ3v) is 4.52. The average molecular weight is 315 g/mol. The van der Waals surface area contributed by atoms with Gasteiger partial charge in [-0.2, -0.15) is 0 Å². The Morgan fingerprint density at radius 3 is 2.61 bits per heavy atom. The van der Waals surface area contributed by atoms with E-state index in [1.807, 2.05) is 0 Å². The van der Waals surface area contributed by atoms with Crippen LogP contribution in [0.2, 0.25) is 0 Å². The third-order valence-electron chi connectivity index (χ3n) is 4.52. The van der Waals surface area contributed by atoms with Gasteiger partial charge in [-0.15, -0.1) is 0 Å². The number of nitrogens with one attached hydrogen (secondary N) is 1. The number of benzene rings is 1. The lowest BCUT2D eigenvalue weighted by atomic mass is 9.65. The first-order chi connectivity index (χ1) is 10.8. The number of carbonyl (C=O) groups is 2.